The summed E-state index contributed by atoms with van der Waals surface area (Å²) in [5.74, 6) is -1.09. The lowest BCUT2D eigenvalue weighted by molar-refractivity contribution is -0.129. The highest BCUT2D eigenvalue weighted by Crippen LogP contribution is 1.78. The van der Waals surface area contributed by atoms with Gasteiger partial charge in [0.05, 0.1) is 0 Å². The van der Waals surface area contributed by atoms with Crippen molar-refractivity contribution in [2.75, 3.05) is 6.61 Å². The van der Waals surface area contributed by atoms with Gasteiger partial charge in [-0.1, -0.05) is 12.1 Å². The molecule has 0 saturated carbocycles. The number of aliphatic carboxylic acids is 1. The molecule has 9 heavy (non-hydrogen) atoms. The van der Waals surface area contributed by atoms with Gasteiger partial charge < -0.3 is 9.94 Å². The number of carbonyl (C=O) groups is 1. The van der Waals surface area contributed by atoms with Crippen LogP contribution in [-0.4, -0.2) is 23.9 Å². The molecule has 0 rings (SSSR count). The fraction of sp³-hybridized carbons (Fsp3) is 0.600. The van der Waals surface area contributed by atoms with Crippen LogP contribution in [-0.2, 0) is 9.63 Å². The van der Waals surface area contributed by atoms with E-state index in [0.717, 1.165) is 12.6 Å². The minimum Gasteiger partial charge on any atom is -0.477 e. The van der Waals surface area contributed by atoms with E-state index < -0.39 is 5.97 Å². The van der Waals surface area contributed by atoms with E-state index in [2.05, 4.69) is 9.99 Å². The van der Waals surface area contributed by atoms with Crippen LogP contribution >= 0.6 is 0 Å². The van der Waals surface area contributed by atoms with Gasteiger partial charge >= 0.3 is 5.97 Å². The summed E-state index contributed by atoms with van der Waals surface area (Å²) in [4.78, 5) is 14.2. The first kappa shape index (κ1) is 7.94. The number of hydrogen-bond acceptors (Lipinski definition) is 3. The van der Waals surface area contributed by atoms with E-state index in [4.69, 9.17) is 5.11 Å². The Morgan fingerprint density at radius 2 is 2.56 bits per heavy atom. The van der Waals surface area contributed by atoms with Crippen LogP contribution in [0.5, 0.6) is 0 Å². The lowest BCUT2D eigenvalue weighted by Gasteiger charge is -1.90. The van der Waals surface area contributed by atoms with E-state index in [0.29, 0.717) is 6.61 Å². The summed E-state index contributed by atoms with van der Waals surface area (Å²) in [6.45, 7) is 2.38. The number of nitrogens with zero attached hydrogens (tertiary/aromatic N) is 1. The van der Waals surface area contributed by atoms with E-state index in [9.17, 15) is 4.79 Å². The highest BCUT2D eigenvalue weighted by molar-refractivity contribution is 6.21. The van der Waals surface area contributed by atoms with Gasteiger partial charge in [0.2, 0.25) is 0 Å². The molecule has 4 nitrogen and oxygen atoms in total. The fourth-order valence-corrected chi connectivity index (χ4v) is 0.226. The summed E-state index contributed by atoms with van der Waals surface area (Å²) < 4.78 is 0. The Labute approximate surface area is 53.1 Å². The Kier molecular flexibility index (Phi) is 4.49. The summed E-state index contributed by atoms with van der Waals surface area (Å²) in [5, 5.41) is 11.1. The molecule has 0 aliphatic heterocycles. The van der Waals surface area contributed by atoms with Crippen LogP contribution in [0.1, 0.15) is 13.3 Å². The molecule has 0 saturated heterocycles. The van der Waals surface area contributed by atoms with Crippen LogP contribution in [0, 0.1) is 0 Å². The molecule has 4 heteroatoms. The molecular formula is C5H9NO3. The normalized spacial score (nSPS) is 9.89. The van der Waals surface area contributed by atoms with E-state index in [1.54, 1.807) is 0 Å². The second-order valence-electron chi connectivity index (χ2n) is 1.41. The average Bonchev–Trinajstić information content (AvgIpc) is 1.80. The van der Waals surface area contributed by atoms with Crippen LogP contribution in [0.4, 0.5) is 0 Å². The maximum absolute atomic E-state index is 9.73. The van der Waals surface area contributed by atoms with E-state index in [-0.39, 0.29) is 0 Å². The highest BCUT2D eigenvalue weighted by Gasteiger charge is 1.84. The highest BCUT2D eigenvalue weighted by atomic mass is 16.6. The zero-order chi connectivity index (χ0) is 7.11. The molecule has 0 fully saturated rings. The van der Waals surface area contributed by atoms with Gasteiger partial charge in [0, 0.05) is 0 Å². The van der Waals surface area contributed by atoms with Gasteiger partial charge in [-0.2, -0.15) is 0 Å². The van der Waals surface area contributed by atoms with E-state index >= 15 is 0 Å². The molecule has 0 amide bonds. The second-order valence-corrected chi connectivity index (χ2v) is 1.41. The number of oxime groups is 1. The van der Waals surface area contributed by atoms with Crippen molar-refractivity contribution < 1.29 is 14.7 Å². The van der Waals surface area contributed by atoms with Crippen LogP contribution in [0.3, 0.4) is 0 Å². The van der Waals surface area contributed by atoms with Crippen molar-refractivity contribution in [3.63, 3.8) is 0 Å². The van der Waals surface area contributed by atoms with E-state index in [1.807, 2.05) is 6.92 Å². The van der Waals surface area contributed by atoms with Gasteiger partial charge in [0.15, 0.2) is 6.21 Å². The Morgan fingerprint density at radius 3 is 3.00 bits per heavy atom. The summed E-state index contributed by atoms with van der Waals surface area (Å²) in [5.41, 5.74) is 0. The number of rotatable bonds is 4. The third-order valence-corrected chi connectivity index (χ3v) is 0.533. The van der Waals surface area contributed by atoms with Crippen molar-refractivity contribution in [2.45, 2.75) is 13.3 Å². The van der Waals surface area contributed by atoms with Crippen LogP contribution < -0.4 is 0 Å². The molecule has 0 heterocycles. The molecule has 0 aromatic heterocycles. The zero-order valence-corrected chi connectivity index (χ0v) is 5.20. The van der Waals surface area contributed by atoms with Gasteiger partial charge in [0.1, 0.15) is 6.61 Å². The first-order valence-electron chi connectivity index (χ1n) is 2.65. The van der Waals surface area contributed by atoms with Gasteiger partial charge in [0.25, 0.3) is 0 Å². The molecule has 1 N–H and O–H groups in total. The quantitative estimate of drug-likeness (QED) is 0.343. The summed E-state index contributed by atoms with van der Waals surface area (Å²) in [6.07, 6.45) is 1.55. The third kappa shape index (κ3) is 6.94. The average molecular weight is 131 g/mol. The minimum atomic E-state index is -1.09. The molecular weight excluding hydrogens is 122 g/mol. The molecule has 0 bridgehead atoms. The smallest absolute Gasteiger partial charge is 0.350 e. The first-order valence-corrected chi connectivity index (χ1v) is 2.65. The standard InChI is InChI=1S/C5H9NO3/c1-2-3-9-6-4-5(7)8/h4H,2-3H2,1H3,(H,7,8)/b6-4+. The van der Waals surface area contributed by atoms with Gasteiger partial charge in [-0.25, -0.2) is 4.79 Å². The van der Waals surface area contributed by atoms with Crippen molar-refractivity contribution in [3.05, 3.63) is 0 Å². The lowest BCUT2D eigenvalue weighted by Crippen LogP contribution is -1.96. The Bertz CT molecular complexity index is 111. The predicted octanol–water partition coefficient (Wildman–Crippen LogP) is 0.483. The molecule has 0 aromatic carbocycles. The maximum atomic E-state index is 9.73. The first-order chi connectivity index (χ1) is 4.27. The Balaban J connectivity index is 3.15. The van der Waals surface area contributed by atoms with Crippen LogP contribution in [0.2, 0.25) is 0 Å². The maximum Gasteiger partial charge on any atom is 0.350 e. The van der Waals surface area contributed by atoms with Crippen molar-refractivity contribution in [2.24, 2.45) is 5.16 Å². The largest absolute Gasteiger partial charge is 0.477 e. The minimum absolute atomic E-state index is 0.462. The van der Waals surface area contributed by atoms with Crippen molar-refractivity contribution >= 4 is 12.2 Å². The van der Waals surface area contributed by atoms with Crippen molar-refractivity contribution in [1.29, 1.82) is 0 Å². The SMILES string of the molecule is CCCO/N=C/C(=O)O. The number of carboxylic acids is 1. The monoisotopic (exact) mass is 131 g/mol. The van der Waals surface area contributed by atoms with Gasteiger partial charge in [-0.15, -0.1) is 0 Å². The van der Waals surface area contributed by atoms with Gasteiger partial charge in [-0.3, -0.25) is 0 Å². The number of hydrogen-bond donors (Lipinski definition) is 1. The summed E-state index contributed by atoms with van der Waals surface area (Å²) in [7, 11) is 0. The molecule has 0 aliphatic rings. The second kappa shape index (κ2) is 5.08. The number of carboxylic acid groups (broad SMARTS) is 1. The molecule has 0 aromatic rings. The molecule has 0 atom stereocenters. The molecule has 0 radical (unpaired) electrons. The van der Waals surface area contributed by atoms with Crippen LogP contribution in [0.15, 0.2) is 5.16 Å². The molecule has 52 valence electrons. The summed E-state index contributed by atoms with van der Waals surface area (Å²) >= 11 is 0. The van der Waals surface area contributed by atoms with E-state index in [1.165, 1.54) is 0 Å². The third-order valence-electron chi connectivity index (χ3n) is 0.533. The molecule has 0 aliphatic carbocycles. The summed E-state index contributed by atoms with van der Waals surface area (Å²) in [6, 6.07) is 0. The van der Waals surface area contributed by atoms with Crippen molar-refractivity contribution in [3.8, 4) is 0 Å². The predicted molar refractivity (Wildman–Crippen MR) is 32.4 cm³/mol. The van der Waals surface area contributed by atoms with Crippen LogP contribution in [0.25, 0.3) is 0 Å². The lowest BCUT2D eigenvalue weighted by atomic mass is 10.5. The van der Waals surface area contributed by atoms with Gasteiger partial charge in [-0.05, 0) is 6.42 Å². The molecule has 0 spiro atoms. The Morgan fingerprint density at radius 1 is 1.89 bits per heavy atom. The topological polar surface area (TPSA) is 58.9 Å². The zero-order valence-electron chi connectivity index (χ0n) is 5.20. The van der Waals surface area contributed by atoms with Crippen molar-refractivity contribution in [1.82, 2.24) is 0 Å². The molecule has 0 unspecified atom stereocenters. The fourth-order valence-electron chi connectivity index (χ4n) is 0.226. The Hall–Kier alpha value is -1.06.